The summed E-state index contributed by atoms with van der Waals surface area (Å²) in [6.45, 7) is 4.21. The number of rotatable bonds is 5. The molecule has 3 rings (SSSR count). The highest BCUT2D eigenvalue weighted by atomic mass is 16.1. The lowest BCUT2D eigenvalue weighted by Gasteiger charge is -2.13. The van der Waals surface area contributed by atoms with Crippen LogP contribution in [0.1, 0.15) is 48.7 Å². The molecule has 0 radical (unpaired) electrons. The molecule has 1 aromatic heterocycles. The number of nitrogens with one attached hydrogen (secondary N) is 2. The fourth-order valence-corrected chi connectivity index (χ4v) is 2.30. The molecule has 1 aliphatic carbocycles. The number of para-hydroxylation sites is 1. The molecule has 0 unspecified atom stereocenters. The molecule has 5 nitrogen and oxygen atoms in total. The first-order chi connectivity index (χ1) is 10.6. The zero-order chi connectivity index (χ0) is 15.5. The van der Waals surface area contributed by atoms with Gasteiger partial charge < -0.3 is 10.6 Å². The standard InChI is InChI=1S/C17H20N4O/c1-11(2)13-5-3-4-6-14(13)21-17(22)15-9-16(19-10-18-15)20-12-7-8-12/h3-6,9-12H,7-8H2,1-2H3,(H,21,22)(H,18,19,20). The lowest BCUT2D eigenvalue weighted by molar-refractivity contribution is 0.102. The SMILES string of the molecule is CC(C)c1ccccc1NC(=O)c1cc(NC2CC2)ncn1. The lowest BCUT2D eigenvalue weighted by Crippen LogP contribution is -2.16. The quantitative estimate of drug-likeness (QED) is 0.887. The molecule has 0 saturated heterocycles. The van der Waals surface area contributed by atoms with Crippen LogP contribution in [0.4, 0.5) is 11.5 Å². The van der Waals surface area contributed by atoms with Gasteiger partial charge in [0, 0.05) is 17.8 Å². The van der Waals surface area contributed by atoms with E-state index in [1.54, 1.807) is 6.07 Å². The Morgan fingerprint density at radius 1 is 1.23 bits per heavy atom. The van der Waals surface area contributed by atoms with Crippen molar-refractivity contribution < 1.29 is 4.79 Å². The van der Waals surface area contributed by atoms with Crippen molar-refractivity contribution in [3.63, 3.8) is 0 Å². The van der Waals surface area contributed by atoms with Crippen LogP contribution in [0.25, 0.3) is 0 Å². The van der Waals surface area contributed by atoms with Gasteiger partial charge in [-0.05, 0) is 30.4 Å². The maximum absolute atomic E-state index is 12.4. The van der Waals surface area contributed by atoms with Crippen molar-refractivity contribution in [3.05, 3.63) is 47.9 Å². The molecule has 1 aromatic carbocycles. The van der Waals surface area contributed by atoms with E-state index in [-0.39, 0.29) is 5.91 Å². The number of anilines is 2. The number of amides is 1. The topological polar surface area (TPSA) is 66.9 Å². The Bertz CT molecular complexity index is 680. The molecule has 1 heterocycles. The van der Waals surface area contributed by atoms with Crippen LogP contribution in [0.2, 0.25) is 0 Å². The van der Waals surface area contributed by atoms with E-state index in [1.165, 1.54) is 6.33 Å². The summed E-state index contributed by atoms with van der Waals surface area (Å²) >= 11 is 0. The maximum atomic E-state index is 12.4. The molecule has 0 atom stereocenters. The van der Waals surface area contributed by atoms with E-state index in [4.69, 9.17) is 0 Å². The summed E-state index contributed by atoms with van der Waals surface area (Å²) in [7, 11) is 0. The Morgan fingerprint density at radius 3 is 2.73 bits per heavy atom. The van der Waals surface area contributed by atoms with Crippen LogP contribution in [0.5, 0.6) is 0 Å². The first-order valence-electron chi connectivity index (χ1n) is 7.62. The number of hydrogen-bond donors (Lipinski definition) is 2. The van der Waals surface area contributed by atoms with Crippen LogP contribution in [0, 0.1) is 0 Å². The predicted octanol–water partition coefficient (Wildman–Crippen LogP) is 3.43. The summed E-state index contributed by atoms with van der Waals surface area (Å²) in [4.78, 5) is 20.6. The zero-order valence-corrected chi connectivity index (χ0v) is 12.8. The Morgan fingerprint density at radius 2 is 2.00 bits per heavy atom. The van der Waals surface area contributed by atoms with Gasteiger partial charge in [0.2, 0.25) is 0 Å². The smallest absolute Gasteiger partial charge is 0.274 e. The second-order valence-electron chi connectivity index (χ2n) is 5.90. The maximum Gasteiger partial charge on any atom is 0.274 e. The zero-order valence-electron chi connectivity index (χ0n) is 12.8. The van der Waals surface area contributed by atoms with E-state index in [0.29, 0.717) is 23.5 Å². The molecular weight excluding hydrogens is 276 g/mol. The minimum absolute atomic E-state index is 0.214. The molecule has 2 N–H and O–H groups in total. The molecule has 114 valence electrons. The molecular formula is C17H20N4O. The monoisotopic (exact) mass is 296 g/mol. The highest BCUT2D eigenvalue weighted by molar-refractivity contribution is 6.03. The van der Waals surface area contributed by atoms with Gasteiger partial charge >= 0.3 is 0 Å². The predicted molar refractivity (Wildman–Crippen MR) is 87.2 cm³/mol. The van der Waals surface area contributed by atoms with Crippen molar-refractivity contribution in [1.82, 2.24) is 9.97 Å². The number of aromatic nitrogens is 2. The van der Waals surface area contributed by atoms with Gasteiger partial charge in [-0.2, -0.15) is 0 Å². The molecule has 0 spiro atoms. The van der Waals surface area contributed by atoms with E-state index in [1.807, 2.05) is 24.3 Å². The number of carbonyl (C=O) groups excluding carboxylic acids is 1. The lowest BCUT2D eigenvalue weighted by atomic mass is 10.0. The van der Waals surface area contributed by atoms with Gasteiger partial charge in [0.25, 0.3) is 5.91 Å². The van der Waals surface area contributed by atoms with Gasteiger partial charge in [-0.3, -0.25) is 4.79 Å². The van der Waals surface area contributed by atoms with Crippen LogP contribution in [-0.4, -0.2) is 21.9 Å². The first-order valence-corrected chi connectivity index (χ1v) is 7.62. The van der Waals surface area contributed by atoms with E-state index >= 15 is 0 Å². The van der Waals surface area contributed by atoms with Crippen molar-refractivity contribution in [3.8, 4) is 0 Å². The van der Waals surface area contributed by atoms with Gasteiger partial charge in [0.05, 0.1) is 0 Å². The van der Waals surface area contributed by atoms with Crippen LogP contribution >= 0.6 is 0 Å². The third-order valence-corrected chi connectivity index (χ3v) is 3.66. The normalized spacial score (nSPS) is 14.0. The Balaban J connectivity index is 1.76. The Kier molecular flexibility index (Phi) is 4.04. The number of hydrogen-bond acceptors (Lipinski definition) is 4. The summed E-state index contributed by atoms with van der Waals surface area (Å²) < 4.78 is 0. The van der Waals surface area contributed by atoms with E-state index in [9.17, 15) is 4.79 Å². The largest absolute Gasteiger partial charge is 0.367 e. The molecule has 0 aliphatic heterocycles. The van der Waals surface area contributed by atoms with E-state index < -0.39 is 0 Å². The summed E-state index contributed by atoms with van der Waals surface area (Å²) in [5, 5.41) is 6.22. The molecule has 0 bridgehead atoms. The second kappa shape index (κ2) is 6.13. The molecule has 1 fully saturated rings. The molecule has 5 heteroatoms. The summed E-state index contributed by atoms with van der Waals surface area (Å²) in [5.74, 6) is 0.836. The second-order valence-corrected chi connectivity index (χ2v) is 5.90. The van der Waals surface area contributed by atoms with Crippen LogP contribution in [0.15, 0.2) is 36.7 Å². The van der Waals surface area contributed by atoms with Crippen molar-refractivity contribution >= 4 is 17.4 Å². The molecule has 1 saturated carbocycles. The van der Waals surface area contributed by atoms with Crippen molar-refractivity contribution in [2.24, 2.45) is 0 Å². The first kappa shape index (κ1) is 14.5. The Labute approximate surface area is 130 Å². The third kappa shape index (κ3) is 3.42. The number of carbonyl (C=O) groups is 1. The summed E-state index contributed by atoms with van der Waals surface area (Å²) in [6, 6.07) is 10.0. The summed E-state index contributed by atoms with van der Waals surface area (Å²) in [5.41, 5.74) is 2.32. The van der Waals surface area contributed by atoms with E-state index in [0.717, 1.165) is 24.1 Å². The number of benzene rings is 1. The number of nitrogens with zero attached hydrogens (tertiary/aromatic N) is 2. The van der Waals surface area contributed by atoms with Gasteiger partial charge in [-0.15, -0.1) is 0 Å². The van der Waals surface area contributed by atoms with E-state index in [2.05, 4.69) is 34.4 Å². The van der Waals surface area contributed by atoms with Crippen molar-refractivity contribution in [1.29, 1.82) is 0 Å². The summed E-state index contributed by atoms with van der Waals surface area (Å²) in [6.07, 6.45) is 3.74. The van der Waals surface area contributed by atoms with Gasteiger partial charge in [0.1, 0.15) is 17.8 Å². The average molecular weight is 296 g/mol. The fourth-order valence-electron chi connectivity index (χ4n) is 2.30. The van der Waals surface area contributed by atoms with Crippen LogP contribution in [-0.2, 0) is 0 Å². The van der Waals surface area contributed by atoms with Gasteiger partial charge in [-0.1, -0.05) is 32.0 Å². The molecule has 2 aromatic rings. The third-order valence-electron chi connectivity index (χ3n) is 3.66. The minimum atomic E-state index is -0.214. The highest BCUT2D eigenvalue weighted by Crippen LogP contribution is 2.25. The Hall–Kier alpha value is -2.43. The van der Waals surface area contributed by atoms with Crippen molar-refractivity contribution in [2.45, 2.75) is 38.6 Å². The average Bonchev–Trinajstić information content (AvgIpc) is 3.32. The minimum Gasteiger partial charge on any atom is -0.367 e. The van der Waals surface area contributed by atoms with Gasteiger partial charge in [0.15, 0.2) is 0 Å². The van der Waals surface area contributed by atoms with Crippen LogP contribution < -0.4 is 10.6 Å². The van der Waals surface area contributed by atoms with Gasteiger partial charge in [-0.25, -0.2) is 9.97 Å². The molecule has 22 heavy (non-hydrogen) atoms. The fraction of sp³-hybridized carbons (Fsp3) is 0.353. The van der Waals surface area contributed by atoms with Crippen LogP contribution in [0.3, 0.4) is 0 Å². The molecule has 1 amide bonds. The highest BCUT2D eigenvalue weighted by Gasteiger charge is 2.22. The molecule has 1 aliphatic rings. The van der Waals surface area contributed by atoms with Crippen molar-refractivity contribution in [2.75, 3.05) is 10.6 Å².